The van der Waals surface area contributed by atoms with Gasteiger partial charge in [-0.25, -0.2) is 0 Å². The third-order valence-corrected chi connectivity index (χ3v) is 4.61. The van der Waals surface area contributed by atoms with Crippen LogP contribution in [0, 0.1) is 5.41 Å². The Hall–Kier alpha value is -0.0800. The summed E-state index contributed by atoms with van der Waals surface area (Å²) in [7, 11) is 1.77. The molecule has 24 heavy (non-hydrogen) atoms. The lowest BCUT2D eigenvalue weighted by Gasteiger charge is -2.35. The summed E-state index contributed by atoms with van der Waals surface area (Å²) < 4.78 is 5.60. The van der Waals surface area contributed by atoms with Gasteiger partial charge in [0.15, 0.2) is 5.96 Å². The largest absolute Gasteiger partial charge is 0.379 e. The average molecular weight is 454 g/mol. The number of likely N-dealkylation sites (tertiary alicyclic amines) is 1. The molecule has 1 aliphatic heterocycles. The molecule has 0 aromatic carbocycles. The van der Waals surface area contributed by atoms with Crippen molar-refractivity contribution in [2.75, 3.05) is 33.3 Å². The maximum Gasteiger partial charge on any atom is 0.191 e. The van der Waals surface area contributed by atoms with Gasteiger partial charge in [-0.05, 0) is 39.0 Å². The molecule has 0 bridgehead atoms. The van der Waals surface area contributed by atoms with Gasteiger partial charge >= 0.3 is 0 Å². The summed E-state index contributed by atoms with van der Waals surface area (Å²) >= 11 is 0. The molecule has 1 saturated heterocycles. The Morgan fingerprint density at radius 3 is 2.25 bits per heavy atom. The Morgan fingerprint density at radius 1 is 1.25 bits per heavy atom. The smallest absolute Gasteiger partial charge is 0.191 e. The van der Waals surface area contributed by atoms with Crippen molar-refractivity contribution < 1.29 is 4.74 Å². The molecule has 0 aromatic rings. The number of nitrogens with one attached hydrogen (secondary N) is 2. The van der Waals surface area contributed by atoms with Crippen LogP contribution in [0.4, 0.5) is 0 Å². The molecule has 1 unspecified atom stereocenters. The fourth-order valence-electron chi connectivity index (χ4n) is 2.95. The van der Waals surface area contributed by atoms with E-state index in [1.54, 1.807) is 7.11 Å². The highest BCUT2D eigenvalue weighted by Gasteiger charge is 2.25. The van der Waals surface area contributed by atoms with Gasteiger partial charge in [0.1, 0.15) is 0 Å². The lowest BCUT2D eigenvalue weighted by atomic mass is 9.89. The summed E-state index contributed by atoms with van der Waals surface area (Å²) in [6.45, 7) is 17.1. The van der Waals surface area contributed by atoms with Gasteiger partial charge in [0.25, 0.3) is 0 Å². The maximum absolute atomic E-state index is 5.60. The topological polar surface area (TPSA) is 48.9 Å². The van der Waals surface area contributed by atoms with Crippen molar-refractivity contribution in [2.45, 2.75) is 72.6 Å². The summed E-state index contributed by atoms with van der Waals surface area (Å²) in [5, 5.41) is 6.97. The maximum atomic E-state index is 5.60. The lowest BCUT2D eigenvalue weighted by molar-refractivity contribution is 0.0241. The number of piperidine rings is 1. The Bertz CT molecular complexity index is 361. The minimum atomic E-state index is 0. The van der Waals surface area contributed by atoms with E-state index in [1.165, 1.54) is 12.8 Å². The van der Waals surface area contributed by atoms with Crippen molar-refractivity contribution >= 4 is 29.9 Å². The fraction of sp³-hybridized carbons (Fsp3) is 0.944. The third kappa shape index (κ3) is 8.34. The second-order valence-electron chi connectivity index (χ2n) is 7.86. The molecule has 1 atom stereocenters. The zero-order valence-corrected chi connectivity index (χ0v) is 19.0. The average Bonchev–Trinajstić information content (AvgIpc) is 2.47. The highest BCUT2D eigenvalue weighted by molar-refractivity contribution is 14.0. The van der Waals surface area contributed by atoms with E-state index < -0.39 is 0 Å². The number of ether oxygens (including phenoxy) is 1. The lowest BCUT2D eigenvalue weighted by Crippen LogP contribution is -2.50. The van der Waals surface area contributed by atoms with E-state index in [1.807, 2.05) is 0 Å². The molecule has 1 heterocycles. The molecule has 0 spiro atoms. The Balaban J connectivity index is 0.00000529. The molecule has 6 heteroatoms. The minimum absolute atomic E-state index is 0. The van der Waals surface area contributed by atoms with E-state index in [0.29, 0.717) is 18.6 Å². The summed E-state index contributed by atoms with van der Waals surface area (Å²) in [5.41, 5.74) is 0.0954. The number of hydrogen-bond donors (Lipinski definition) is 2. The van der Waals surface area contributed by atoms with Gasteiger partial charge < -0.3 is 20.3 Å². The molecule has 5 nitrogen and oxygen atoms in total. The molecule has 0 saturated carbocycles. The second kappa shape index (κ2) is 11.5. The van der Waals surface area contributed by atoms with Gasteiger partial charge in [0.05, 0.1) is 12.6 Å². The first-order valence-electron chi connectivity index (χ1n) is 9.09. The summed E-state index contributed by atoms with van der Waals surface area (Å²) in [6.07, 6.45) is 2.48. The number of nitrogens with zero attached hydrogens (tertiary/aromatic N) is 2. The standard InChI is InChI=1S/C18H38N4O.HI/c1-8-19-17(20-13-16(23-7)18(4,5)6)21-15-9-11-22(12-10-15)14(2)3;/h14-16H,8-13H2,1-7H3,(H2,19,20,21);1H. The Kier molecular flexibility index (Phi) is 11.5. The van der Waals surface area contributed by atoms with Crippen LogP contribution in [0.15, 0.2) is 4.99 Å². The van der Waals surface area contributed by atoms with E-state index in [9.17, 15) is 0 Å². The molecule has 0 aromatic heterocycles. The van der Waals surface area contributed by atoms with Crippen molar-refractivity contribution in [1.82, 2.24) is 15.5 Å². The number of hydrogen-bond acceptors (Lipinski definition) is 3. The second-order valence-corrected chi connectivity index (χ2v) is 7.86. The predicted octanol–water partition coefficient (Wildman–Crippen LogP) is 3.09. The van der Waals surface area contributed by atoms with Crippen molar-refractivity contribution in [3.05, 3.63) is 0 Å². The number of rotatable bonds is 6. The molecule has 0 amide bonds. The Labute approximate surface area is 166 Å². The van der Waals surface area contributed by atoms with Crippen LogP contribution < -0.4 is 10.6 Å². The number of methoxy groups -OCH3 is 1. The van der Waals surface area contributed by atoms with Gasteiger partial charge in [-0.3, -0.25) is 4.99 Å². The molecular formula is C18H39IN4O. The summed E-state index contributed by atoms with van der Waals surface area (Å²) in [6, 6.07) is 1.16. The SMILES string of the molecule is CCNC(=NCC(OC)C(C)(C)C)NC1CCN(C(C)C)CC1.I. The van der Waals surface area contributed by atoms with Crippen LogP contribution in [0.1, 0.15) is 54.4 Å². The van der Waals surface area contributed by atoms with Gasteiger partial charge in [-0.15, -0.1) is 24.0 Å². The van der Waals surface area contributed by atoms with Crippen LogP contribution in [0.5, 0.6) is 0 Å². The van der Waals surface area contributed by atoms with E-state index in [-0.39, 0.29) is 35.5 Å². The van der Waals surface area contributed by atoms with Gasteiger partial charge in [-0.1, -0.05) is 20.8 Å². The van der Waals surface area contributed by atoms with Gasteiger partial charge in [-0.2, -0.15) is 0 Å². The Morgan fingerprint density at radius 2 is 1.83 bits per heavy atom. The van der Waals surface area contributed by atoms with Crippen molar-refractivity contribution in [2.24, 2.45) is 10.4 Å². The first-order valence-corrected chi connectivity index (χ1v) is 9.09. The van der Waals surface area contributed by atoms with Crippen LogP contribution in [-0.2, 0) is 4.74 Å². The molecular weight excluding hydrogens is 415 g/mol. The van der Waals surface area contributed by atoms with E-state index in [4.69, 9.17) is 9.73 Å². The minimum Gasteiger partial charge on any atom is -0.379 e. The van der Waals surface area contributed by atoms with Crippen molar-refractivity contribution in [3.8, 4) is 0 Å². The zero-order valence-electron chi connectivity index (χ0n) is 16.7. The van der Waals surface area contributed by atoms with E-state index >= 15 is 0 Å². The number of halogens is 1. The summed E-state index contributed by atoms with van der Waals surface area (Å²) in [4.78, 5) is 7.30. The summed E-state index contributed by atoms with van der Waals surface area (Å²) in [5.74, 6) is 0.918. The highest BCUT2D eigenvalue weighted by Crippen LogP contribution is 2.21. The molecule has 1 rings (SSSR count). The van der Waals surface area contributed by atoms with Gasteiger partial charge in [0, 0.05) is 38.8 Å². The quantitative estimate of drug-likeness (QED) is 0.368. The molecule has 1 aliphatic rings. The highest BCUT2D eigenvalue weighted by atomic mass is 127. The first-order chi connectivity index (χ1) is 10.8. The predicted molar refractivity (Wildman–Crippen MR) is 115 cm³/mol. The molecule has 0 aliphatic carbocycles. The molecule has 1 fully saturated rings. The van der Waals surface area contributed by atoms with Crippen molar-refractivity contribution in [1.29, 1.82) is 0 Å². The first kappa shape index (κ1) is 23.9. The number of aliphatic imine (C=N–C) groups is 1. The molecule has 2 N–H and O–H groups in total. The van der Waals surface area contributed by atoms with Crippen LogP contribution in [-0.4, -0.2) is 62.3 Å². The van der Waals surface area contributed by atoms with Crippen LogP contribution in [0.25, 0.3) is 0 Å². The normalized spacial score (nSPS) is 19.1. The number of guanidine groups is 1. The van der Waals surface area contributed by atoms with Gasteiger partial charge in [0.2, 0.25) is 0 Å². The molecule has 144 valence electrons. The monoisotopic (exact) mass is 454 g/mol. The van der Waals surface area contributed by atoms with Crippen LogP contribution in [0.2, 0.25) is 0 Å². The van der Waals surface area contributed by atoms with E-state index in [2.05, 4.69) is 57.1 Å². The van der Waals surface area contributed by atoms with E-state index in [0.717, 1.165) is 25.6 Å². The van der Waals surface area contributed by atoms with Crippen molar-refractivity contribution in [3.63, 3.8) is 0 Å². The van der Waals surface area contributed by atoms with Crippen LogP contribution in [0.3, 0.4) is 0 Å². The third-order valence-electron chi connectivity index (χ3n) is 4.61. The van der Waals surface area contributed by atoms with Crippen LogP contribution >= 0.6 is 24.0 Å². The fourth-order valence-corrected chi connectivity index (χ4v) is 2.95. The zero-order chi connectivity index (χ0) is 17.5. The molecule has 0 radical (unpaired) electrons.